The third-order valence-corrected chi connectivity index (χ3v) is 2.89. The Hall–Kier alpha value is -2.13. The van der Waals surface area contributed by atoms with E-state index in [0.29, 0.717) is 10.8 Å². The van der Waals surface area contributed by atoms with Crippen molar-refractivity contribution in [2.24, 2.45) is 0 Å². The van der Waals surface area contributed by atoms with Crippen LogP contribution in [0.1, 0.15) is 16.1 Å². The standard InChI is InChI=1S/C15H12ClNO2/c1-19-14-7-4-10-17-15(14)13(18)9-8-11-5-2-3-6-12(11)16/h2-10H,1H3/b9-8+. The molecule has 0 radical (unpaired) electrons. The van der Waals surface area contributed by atoms with E-state index >= 15 is 0 Å². The number of hydrogen-bond donors (Lipinski definition) is 0. The second kappa shape index (κ2) is 6.16. The maximum Gasteiger partial charge on any atom is 0.207 e. The van der Waals surface area contributed by atoms with Crippen molar-refractivity contribution in [2.75, 3.05) is 7.11 Å². The first kappa shape index (κ1) is 13.3. The minimum atomic E-state index is -0.225. The number of carbonyl (C=O) groups excluding carboxylic acids is 1. The molecule has 4 heteroatoms. The molecule has 0 spiro atoms. The lowest BCUT2D eigenvalue weighted by molar-refractivity contribution is 0.104. The molecule has 0 aliphatic carbocycles. The summed E-state index contributed by atoms with van der Waals surface area (Å²) in [6.07, 6.45) is 4.66. The van der Waals surface area contributed by atoms with Crippen LogP contribution < -0.4 is 4.74 Å². The molecule has 0 unspecified atom stereocenters. The van der Waals surface area contributed by atoms with Gasteiger partial charge in [0.15, 0.2) is 5.69 Å². The fourth-order valence-corrected chi connectivity index (χ4v) is 1.79. The number of halogens is 1. The van der Waals surface area contributed by atoms with Crippen molar-refractivity contribution in [3.8, 4) is 5.75 Å². The Labute approximate surface area is 116 Å². The number of aromatic nitrogens is 1. The first-order valence-corrected chi connectivity index (χ1v) is 6.06. The van der Waals surface area contributed by atoms with Gasteiger partial charge in [0.1, 0.15) is 5.75 Å². The van der Waals surface area contributed by atoms with Crippen molar-refractivity contribution in [3.63, 3.8) is 0 Å². The van der Waals surface area contributed by atoms with Crippen LogP contribution in [0.5, 0.6) is 5.75 Å². The van der Waals surface area contributed by atoms with Crippen molar-refractivity contribution in [2.45, 2.75) is 0 Å². The number of pyridine rings is 1. The zero-order chi connectivity index (χ0) is 13.7. The van der Waals surface area contributed by atoms with Gasteiger partial charge in [-0.1, -0.05) is 29.8 Å². The molecular weight excluding hydrogens is 262 g/mol. The lowest BCUT2D eigenvalue weighted by atomic mass is 10.1. The second-order valence-electron chi connectivity index (χ2n) is 3.77. The van der Waals surface area contributed by atoms with Gasteiger partial charge in [0, 0.05) is 11.2 Å². The van der Waals surface area contributed by atoms with E-state index < -0.39 is 0 Å². The van der Waals surface area contributed by atoms with Crippen molar-refractivity contribution in [1.82, 2.24) is 4.98 Å². The molecule has 0 amide bonds. The highest BCUT2D eigenvalue weighted by Crippen LogP contribution is 2.18. The monoisotopic (exact) mass is 273 g/mol. The largest absolute Gasteiger partial charge is 0.494 e. The Bertz CT molecular complexity index is 623. The number of methoxy groups -OCH3 is 1. The summed E-state index contributed by atoms with van der Waals surface area (Å²) in [7, 11) is 1.51. The predicted molar refractivity (Wildman–Crippen MR) is 75.6 cm³/mol. The zero-order valence-electron chi connectivity index (χ0n) is 10.3. The van der Waals surface area contributed by atoms with Crippen LogP contribution in [0.15, 0.2) is 48.7 Å². The molecule has 0 saturated heterocycles. The molecule has 1 aromatic heterocycles. The molecule has 0 aliphatic rings. The van der Waals surface area contributed by atoms with Crippen molar-refractivity contribution in [1.29, 1.82) is 0 Å². The van der Waals surface area contributed by atoms with E-state index in [1.54, 1.807) is 30.5 Å². The molecule has 0 fully saturated rings. The van der Waals surface area contributed by atoms with E-state index in [-0.39, 0.29) is 11.5 Å². The fraction of sp³-hybridized carbons (Fsp3) is 0.0667. The molecule has 0 saturated carbocycles. The smallest absolute Gasteiger partial charge is 0.207 e. The summed E-state index contributed by atoms with van der Waals surface area (Å²) in [5.41, 5.74) is 1.07. The lowest BCUT2D eigenvalue weighted by Crippen LogP contribution is -2.01. The summed E-state index contributed by atoms with van der Waals surface area (Å²) in [5, 5.41) is 0.597. The van der Waals surface area contributed by atoms with E-state index in [1.807, 2.05) is 18.2 Å². The Morgan fingerprint density at radius 3 is 2.79 bits per heavy atom. The number of carbonyl (C=O) groups is 1. The topological polar surface area (TPSA) is 39.2 Å². The van der Waals surface area contributed by atoms with Crippen LogP contribution in [0.2, 0.25) is 5.02 Å². The van der Waals surface area contributed by atoms with Gasteiger partial charge in [-0.2, -0.15) is 0 Å². The number of hydrogen-bond acceptors (Lipinski definition) is 3. The maximum atomic E-state index is 12.0. The predicted octanol–water partition coefficient (Wildman–Crippen LogP) is 3.64. The molecule has 19 heavy (non-hydrogen) atoms. The second-order valence-corrected chi connectivity index (χ2v) is 4.18. The molecule has 0 atom stereocenters. The SMILES string of the molecule is COc1cccnc1C(=O)/C=C/c1ccccc1Cl. The average Bonchev–Trinajstić information content (AvgIpc) is 2.46. The number of benzene rings is 1. The Kier molecular flexibility index (Phi) is 4.31. The molecule has 1 heterocycles. The molecule has 0 aliphatic heterocycles. The van der Waals surface area contributed by atoms with Crippen molar-refractivity contribution in [3.05, 3.63) is 65.0 Å². The van der Waals surface area contributed by atoms with E-state index in [9.17, 15) is 4.79 Å². The lowest BCUT2D eigenvalue weighted by Gasteiger charge is -2.03. The van der Waals surface area contributed by atoms with Crippen molar-refractivity contribution < 1.29 is 9.53 Å². The van der Waals surface area contributed by atoms with E-state index in [0.717, 1.165) is 5.56 Å². The summed E-state index contributed by atoms with van der Waals surface area (Å²) in [6.45, 7) is 0. The normalized spacial score (nSPS) is 10.6. The van der Waals surface area contributed by atoms with Crippen LogP contribution in [-0.4, -0.2) is 17.9 Å². The highest BCUT2D eigenvalue weighted by molar-refractivity contribution is 6.32. The van der Waals surface area contributed by atoms with Crippen LogP contribution >= 0.6 is 11.6 Å². The van der Waals surface area contributed by atoms with Gasteiger partial charge in [0.2, 0.25) is 5.78 Å². The molecule has 0 bridgehead atoms. The number of nitrogens with zero attached hydrogens (tertiary/aromatic N) is 1. The first-order chi connectivity index (χ1) is 9.22. The molecule has 2 aromatic rings. The number of ether oxygens (including phenoxy) is 1. The van der Waals surface area contributed by atoms with E-state index in [1.165, 1.54) is 13.2 Å². The van der Waals surface area contributed by atoms with Gasteiger partial charge in [-0.3, -0.25) is 4.79 Å². The third-order valence-electron chi connectivity index (χ3n) is 2.54. The van der Waals surface area contributed by atoms with Gasteiger partial charge in [-0.05, 0) is 35.9 Å². The summed E-state index contributed by atoms with van der Waals surface area (Å²) >= 11 is 6.01. The maximum absolute atomic E-state index is 12.0. The van der Waals surface area contributed by atoms with Gasteiger partial charge in [-0.15, -0.1) is 0 Å². The fourth-order valence-electron chi connectivity index (χ4n) is 1.59. The molecule has 3 nitrogen and oxygen atoms in total. The number of ketones is 1. The Morgan fingerprint density at radius 2 is 2.05 bits per heavy atom. The van der Waals surface area contributed by atoms with Gasteiger partial charge in [0.05, 0.1) is 7.11 Å². The summed E-state index contributed by atoms with van der Waals surface area (Å²) in [6, 6.07) is 10.7. The molecule has 1 aromatic carbocycles. The van der Waals surface area contributed by atoms with Crippen LogP contribution in [0.4, 0.5) is 0 Å². The van der Waals surface area contributed by atoms with Crippen LogP contribution in [0.3, 0.4) is 0 Å². The quantitative estimate of drug-likeness (QED) is 0.631. The van der Waals surface area contributed by atoms with Crippen molar-refractivity contribution >= 4 is 23.5 Å². The van der Waals surface area contributed by atoms with Gasteiger partial charge < -0.3 is 4.74 Å². The van der Waals surface area contributed by atoms with Gasteiger partial charge in [0.25, 0.3) is 0 Å². The summed E-state index contributed by atoms with van der Waals surface area (Å²) in [5.74, 6) is 0.230. The van der Waals surface area contributed by atoms with Crippen LogP contribution in [0, 0.1) is 0 Å². The highest BCUT2D eigenvalue weighted by atomic mass is 35.5. The van der Waals surface area contributed by atoms with E-state index in [4.69, 9.17) is 16.3 Å². The number of rotatable bonds is 4. The summed E-state index contributed by atoms with van der Waals surface area (Å²) < 4.78 is 5.10. The highest BCUT2D eigenvalue weighted by Gasteiger charge is 2.10. The molecule has 96 valence electrons. The molecule has 2 rings (SSSR count). The van der Waals surface area contributed by atoms with Crippen LogP contribution in [-0.2, 0) is 0 Å². The number of allylic oxidation sites excluding steroid dienone is 1. The zero-order valence-corrected chi connectivity index (χ0v) is 11.1. The molecule has 0 N–H and O–H groups in total. The average molecular weight is 274 g/mol. The minimum absolute atomic E-state index is 0.225. The van der Waals surface area contributed by atoms with Gasteiger partial charge >= 0.3 is 0 Å². The van der Waals surface area contributed by atoms with Gasteiger partial charge in [-0.25, -0.2) is 4.98 Å². The Balaban J connectivity index is 2.24. The van der Waals surface area contributed by atoms with Crippen LogP contribution in [0.25, 0.3) is 6.08 Å². The summed E-state index contributed by atoms with van der Waals surface area (Å²) in [4.78, 5) is 16.1. The van der Waals surface area contributed by atoms with E-state index in [2.05, 4.69) is 4.98 Å². The third kappa shape index (κ3) is 3.20. The Morgan fingerprint density at radius 1 is 1.26 bits per heavy atom. The minimum Gasteiger partial charge on any atom is -0.494 e. The first-order valence-electron chi connectivity index (χ1n) is 5.68. The molecular formula is C15H12ClNO2.